The zero-order chi connectivity index (χ0) is 14.3. The Morgan fingerprint density at radius 1 is 1.16 bits per heavy atom. The van der Waals surface area contributed by atoms with Crippen LogP contribution in [0, 0.1) is 0 Å². The van der Waals surface area contributed by atoms with Gasteiger partial charge < -0.3 is 9.31 Å². The summed E-state index contributed by atoms with van der Waals surface area (Å²) < 4.78 is 11.9. The lowest BCUT2D eigenvalue weighted by molar-refractivity contribution is 0.00578. The van der Waals surface area contributed by atoms with Crippen LogP contribution in [0.2, 0.25) is 0 Å². The van der Waals surface area contributed by atoms with Crippen molar-refractivity contribution in [3.8, 4) is 0 Å². The Labute approximate surface area is 113 Å². The summed E-state index contributed by atoms with van der Waals surface area (Å²) in [4.78, 5) is 11.8. The molecule has 0 saturated carbocycles. The number of hydrazine groups is 1. The van der Waals surface area contributed by atoms with Gasteiger partial charge in [0.2, 0.25) is 0 Å². The van der Waals surface area contributed by atoms with Gasteiger partial charge in [-0.1, -0.05) is 18.2 Å². The Morgan fingerprint density at radius 3 is 2.21 bits per heavy atom. The third-order valence-corrected chi connectivity index (χ3v) is 3.84. The van der Waals surface area contributed by atoms with Crippen molar-refractivity contribution in [3.63, 3.8) is 0 Å². The minimum absolute atomic E-state index is 0.356. The predicted molar refractivity (Wildman–Crippen MR) is 73.8 cm³/mol. The third-order valence-electron chi connectivity index (χ3n) is 3.84. The fourth-order valence-electron chi connectivity index (χ4n) is 1.96. The van der Waals surface area contributed by atoms with E-state index in [0.717, 1.165) is 0 Å². The number of amides is 1. The maximum absolute atomic E-state index is 11.8. The first-order valence-electron chi connectivity index (χ1n) is 6.24. The molecule has 3 N–H and O–H groups in total. The van der Waals surface area contributed by atoms with Crippen LogP contribution in [-0.2, 0) is 9.31 Å². The topological polar surface area (TPSA) is 73.6 Å². The molecule has 5 nitrogen and oxygen atoms in total. The van der Waals surface area contributed by atoms with Crippen LogP contribution in [0.4, 0.5) is 0 Å². The molecule has 0 atom stereocenters. The van der Waals surface area contributed by atoms with Crippen LogP contribution in [0.1, 0.15) is 38.1 Å². The van der Waals surface area contributed by atoms with E-state index in [9.17, 15) is 4.79 Å². The van der Waals surface area contributed by atoms with E-state index in [4.69, 9.17) is 15.2 Å². The highest BCUT2D eigenvalue weighted by atomic mass is 16.7. The zero-order valence-corrected chi connectivity index (χ0v) is 11.7. The van der Waals surface area contributed by atoms with Crippen LogP contribution in [0.3, 0.4) is 0 Å². The molecule has 6 heteroatoms. The van der Waals surface area contributed by atoms with Gasteiger partial charge in [-0.25, -0.2) is 5.84 Å². The molecule has 19 heavy (non-hydrogen) atoms. The molecule has 1 aliphatic rings. The quantitative estimate of drug-likeness (QED) is 0.354. The van der Waals surface area contributed by atoms with Crippen molar-refractivity contribution < 1.29 is 14.1 Å². The Balaban J connectivity index is 2.37. The van der Waals surface area contributed by atoms with Crippen molar-refractivity contribution in [3.05, 3.63) is 29.8 Å². The molecule has 1 aromatic rings. The van der Waals surface area contributed by atoms with Crippen LogP contribution < -0.4 is 16.7 Å². The van der Waals surface area contributed by atoms with Gasteiger partial charge in [0.1, 0.15) is 0 Å². The maximum Gasteiger partial charge on any atom is 0.495 e. The first kappa shape index (κ1) is 14.1. The second-order valence-electron chi connectivity index (χ2n) is 5.65. The predicted octanol–water partition coefficient (Wildman–Crippen LogP) is 0.589. The van der Waals surface area contributed by atoms with Gasteiger partial charge >= 0.3 is 7.12 Å². The average Bonchev–Trinajstić information content (AvgIpc) is 2.57. The second-order valence-corrected chi connectivity index (χ2v) is 5.65. The van der Waals surface area contributed by atoms with Gasteiger partial charge in [-0.15, -0.1) is 0 Å². The molecule has 1 amide bonds. The molecular weight excluding hydrogens is 243 g/mol. The molecule has 2 rings (SSSR count). The summed E-state index contributed by atoms with van der Waals surface area (Å²) in [5, 5.41) is 0. The van der Waals surface area contributed by atoms with Crippen molar-refractivity contribution in [1.29, 1.82) is 0 Å². The second kappa shape index (κ2) is 4.63. The highest BCUT2D eigenvalue weighted by Gasteiger charge is 2.52. The summed E-state index contributed by atoms with van der Waals surface area (Å²) in [6, 6.07) is 7.13. The van der Waals surface area contributed by atoms with Gasteiger partial charge in [0, 0.05) is 5.56 Å². The third kappa shape index (κ3) is 2.39. The smallest absolute Gasteiger partial charge is 0.399 e. The molecule has 1 aromatic carbocycles. The molecule has 1 heterocycles. The Bertz CT molecular complexity index is 486. The highest BCUT2D eigenvalue weighted by Crippen LogP contribution is 2.36. The summed E-state index contributed by atoms with van der Waals surface area (Å²) in [5.74, 6) is 4.84. The molecule has 0 aliphatic carbocycles. The van der Waals surface area contributed by atoms with E-state index in [-0.39, 0.29) is 5.91 Å². The summed E-state index contributed by atoms with van der Waals surface area (Å²) >= 11 is 0. The van der Waals surface area contributed by atoms with Crippen LogP contribution in [0.15, 0.2) is 24.3 Å². The number of carbonyl (C=O) groups excluding carboxylic acids is 1. The Morgan fingerprint density at radius 2 is 1.68 bits per heavy atom. The highest BCUT2D eigenvalue weighted by molar-refractivity contribution is 6.63. The number of nitrogens with two attached hydrogens (primary N) is 1. The first-order chi connectivity index (χ1) is 8.78. The standard InChI is InChI=1S/C13H19BN2O3/c1-12(2)13(3,4)19-14(18-12)10-8-6-5-7-9(10)11(17)16-15/h5-8H,15H2,1-4H3,(H,16,17). The average molecular weight is 262 g/mol. The summed E-state index contributed by atoms with van der Waals surface area (Å²) in [5.41, 5.74) is 2.40. The van der Waals surface area contributed by atoms with Crippen molar-refractivity contribution in [2.75, 3.05) is 0 Å². The summed E-state index contributed by atoms with van der Waals surface area (Å²) in [6.07, 6.45) is 0. The number of hydrogen-bond donors (Lipinski definition) is 2. The molecule has 102 valence electrons. The molecule has 0 aromatic heterocycles. The number of rotatable bonds is 2. The lowest BCUT2D eigenvalue weighted by Gasteiger charge is -2.32. The monoisotopic (exact) mass is 262 g/mol. The molecule has 1 aliphatic heterocycles. The summed E-state index contributed by atoms with van der Waals surface area (Å²) in [7, 11) is -0.571. The molecule has 0 bridgehead atoms. The Kier molecular flexibility index (Phi) is 3.42. The van der Waals surface area contributed by atoms with Crippen molar-refractivity contribution >= 4 is 18.5 Å². The number of nitrogen functional groups attached to an aromatic ring is 1. The van der Waals surface area contributed by atoms with Gasteiger partial charge in [0.05, 0.1) is 11.2 Å². The van der Waals surface area contributed by atoms with Crippen LogP contribution in [0.25, 0.3) is 0 Å². The van der Waals surface area contributed by atoms with Gasteiger partial charge in [-0.3, -0.25) is 10.2 Å². The van der Waals surface area contributed by atoms with Gasteiger partial charge in [0.25, 0.3) is 5.91 Å². The number of nitrogens with one attached hydrogen (secondary N) is 1. The van der Waals surface area contributed by atoms with Crippen LogP contribution in [0.5, 0.6) is 0 Å². The van der Waals surface area contributed by atoms with E-state index >= 15 is 0 Å². The SMILES string of the molecule is CC1(C)OB(c2ccccc2C(=O)NN)OC1(C)C. The number of carbonyl (C=O) groups is 1. The molecule has 1 fully saturated rings. The lowest BCUT2D eigenvalue weighted by atomic mass is 9.76. The molecule has 0 spiro atoms. The van der Waals surface area contributed by atoms with Crippen molar-refractivity contribution in [2.24, 2.45) is 5.84 Å². The van der Waals surface area contributed by atoms with Crippen molar-refractivity contribution in [2.45, 2.75) is 38.9 Å². The lowest BCUT2D eigenvalue weighted by Crippen LogP contribution is -2.41. The zero-order valence-electron chi connectivity index (χ0n) is 11.7. The molecule has 1 saturated heterocycles. The van der Waals surface area contributed by atoms with E-state index < -0.39 is 18.3 Å². The van der Waals surface area contributed by atoms with E-state index in [1.54, 1.807) is 12.1 Å². The Hall–Kier alpha value is -1.37. The van der Waals surface area contributed by atoms with Gasteiger partial charge in [0.15, 0.2) is 0 Å². The fourth-order valence-corrected chi connectivity index (χ4v) is 1.96. The van der Waals surface area contributed by atoms with Crippen LogP contribution in [-0.4, -0.2) is 24.2 Å². The fraction of sp³-hybridized carbons (Fsp3) is 0.462. The minimum atomic E-state index is -0.571. The largest absolute Gasteiger partial charge is 0.495 e. The van der Waals surface area contributed by atoms with Crippen molar-refractivity contribution in [1.82, 2.24) is 5.43 Å². The maximum atomic E-state index is 11.8. The summed E-state index contributed by atoms with van der Waals surface area (Å²) in [6.45, 7) is 7.88. The van der Waals surface area contributed by atoms with E-state index in [0.29, 0.717) is 11.0 Å². The van der Waals surface area contributed by atoms with Crippen LogP contribution >= 0.6 is 0 Å². The molecule has 0 radical (unpaired) electrons. The number of benzene rings is 1. The molecular formula is C13H19BN2O3. The van der Waals surface area contributed by atoms with Gasteiger partial charge in [-0.2, -0.15) is 0 Å². The molecule has 0 unspecified atom stereocenters. The van der Waals surface area contributed by atoms with E-state index in [1.165, 1.54) is 0 Å². The van der Waals surface area contributed by atoms with E-state index in [2.05, 4.69) is 5.43 Å². The van der Waals surface area contributed by atoms with Gasteiger partial charge in [-0.05, 0) is 39.2 Å². The van der Waals surface area contributed by atoms with E-state index in [1.807, 2.05) is 39.8 Å². The first-order valence-corrected chi connectivity index (χ1v) is 6.24. The normalized spacial score (nSPS) is 20.4. The number of hydrogen-bond acceptors (Lipinski definition) is 4. The minimum Gasteiger partial charge on any atom is -0.399 e.